The number of phenols is 1. The highest BCUT2D eigenvalue weighted by molar-refractivity contribution is 6.02. The van der Waals surface area contributed by atoms with Crippen LogP contribution < -0.4 is 19.6 Å². The summed E-state index contributed by atoms with van der Waals surface area (Å²) in [6, 6.07) is 7.24. The molecule has 0 radical (unpaired) electrons. The molecule has 1 aromatic heterocycles. The average molecular weight is 315 g/mol. The molecule has 0 spiro atoms. The lowest BCUT2D eigenvalue weighted by Gasteiger charge is -2.19. The van der Waals surface area contributed by atoms with Crippen LogP contribution in [-0.2, 0) is 7.05 Å². The molecule has 0 unspecified atom stereocenters. The Bertz CT molecular complexity index is 975. The largest absolute Gasteiger partial charge is 0.502 e. The maximum Gasteiger partial charge on any atom is 0.209 e. The minimum Gasteiger partial charge on any atom is -0.502 e. The Labute approximate surface area is 132 Å². The first kappa shape index (κ1) is 15.0. The van der Waals surface area contributed by atoms with Gasteiger partial charge in [0.2, 0.25) is 16.9 Å². The van der Waals surface area contributed by atoms with Gasteiger partial charge >= 0.3 is 0 Å². The van der Waals surface area contributed by atoms with Crippen molar-refractivity contribution < 1.29 is 19.3 Å². The number of ether oxygens (including phenoxy) is 3. The van der Waals surface area contributed by atoms with Crippen LogP contribution in [0.5, 0.6) is 23.0 Å². The minimum absolute atomic E-state index is 0.0732. The van der Waals surface area contributed by atoms with Gasteiger partial charge in [0.05, 0.1) is 32.2 Å². The summed E-state index contributed by atoms with van der Waals surface area (Å²) in [5.41, 5.74) is 1.02. The average Bonchev–Trinajstić information content (AvgIpc) is 2.58. The lowest BCUT2D eigenvalue weighted by Crippen LogP contribution is -2.12. The molecule has 0 aliphatic carbocycles. The molecule has 0 fully saturated rings. The van der Waals surface area contributed by atoms with Crippen molar-refractivity contribution in [2.24, 2.45) is 7.05 Å². The van der Waals surface area contributed by atoms with E-state index in [-0.39, 0.29) is 33.8 Å². The maximum atomic E-state index is 12.9. The summed E-state index contributed by atoms with van der Waals surface area (Å²) in [5.74, 6) is 0.226. The molecule has 0 amide bonds. The lowest BCUT2D eigenvalue weighted by atomic mass is 10.1. The molecule has 1 heterocycles. The predicted molar refractivity (Wildman–Crippen MR) is 88.0 cm³/mol. The van der Waals surface area contributed by atoms with Gasteiger partial charge < -0.3 is 23.9 Å². The van der Waals surface area contributed by atoms with Crippen LogP contribution in [0.3, 0.4) is 0 Å². The number of nitrogens with zero attached hydrogens (tertiary/aromatic N) is 1. The summed E-state index contributed by atoms with van der Waals surface area (Å²) in [7, 11) is 6.10. The quantitative estimate of drug-likeness (QED) is 0.752. The van der Waals surface area contributed by atoms with Crippen molar-refractivity contribution in [3.8, 4) is 23.0 Å². The highest BCUT2D eigenvalue weighted by atomic mass is 16.5. The van der Waals surface area contributed by atoms with E-state index in [9.17, 15) is 9.90 Å². The van der Waals surface area contributed by atoms with Gasteiger partial charge in [0.1, 0.15) is 5.52 Å². The topological polar surface area (TPSA) is 69.9 Å². The highest BCUT2D eigenvalue weighted by Crippen LogP contribution is 2.49. The number of methoxy groups -OCH3 is 3. The molecule has 120 valence electrons. The van der Waals surface area contributed by atoms with Crippen LogP contribution in [0.25, 0.3) is 21.8 Å². The van der Waals surface area contributed by atoms with Gasteiger partial charge in [0.15, 0.2) is 11.5 Å². The third-order valence-corrected chi connectivity index (χ3v) is 4.00. The lowest BCUT2D eigenvalue weighted by molar-refractivity contribution is 0.319. The van der Waals surface area contributed by atoms with Crippen molar-refractivity contribution in [1.82, 2.24) is 4.57 Å². The SMILES string of the molecule is COc1c(O)c(OC)c2c(=O)c3ccccc3n(C)c2c1OC. The predicted octanol–water partition coefficient (Wildman–Crippen LogP) is 2.42. The smallest absolute Gasteiger partial charge is 0.209 e. The summed E-state index contributed by atoms with van der Waals surface area (Å²) in [4.78, 5) is 12.9. The van der Waals surface area contributed by atoms with E-state index in [1.807, 2.05) is 23.7 Å². The van der Waals surface area contributed by atoms with Crippen LogP contribution >= 0.6 is 0 Å². The summed E-state index contributed by atoms with van der Waals surface area (Å²) in [6.07, 6.45) is 0. The normalized spacial score (nSPS) is 11.0. The van der Waals surface area contributed by atoms with Crippen LogP contribution in [0.15, 0.2) is 29.1 Å². The number of fused-ring (bicyclic) bond motifs is 2. The third kappa shape index (κ3) is 1.91. The van der Waals surface area contributed by atoms with Crippen LogP contribution in [0.2, 0.25) is 0 Å². The monoisotopic (exact) mass is 315 g/mol. The second kappa shape index (κ2) is 5.39. The number of rotatable bonds is 3. The van der Waals surface area contributed by atoms with Crippen LogP contribution in [0.1, 0.15) is 0 Å². The Kier molecular flexibility index (Phi) is 3.52. The Balaban J connectivity index is 2.74. The number of hydrogen-bond donors (Lipinski definition) is 1. The molecule has 3 rings (SSSR count). The third-order valence-electron chi connectivity index (χ3n) is 4.00. The molecule has 0 atom stereocenters. The van der Waals surface area contributed by atoms with Crippen molar-refractivity contribution in [2.45, 2.75) is 0 Å². The van der Waals surface area contributed by atoms with E-state index in [4.69, 9.17) is 14.2 Å². The van der Waals surface area contributed by atoms with E-state index in [0.29, 0.717) is 10.9 Å². The van der Waals surface area contributed by atoms with Crippen LogP contribution in [-0.4, -0.2) is 31.0 Å². The second-order valence-electron chi connectivity index (χ2n) is 5.08. The molecule has 6 heteroatoms. The Morgan fingerprint density at radius 1 is 0.957 bits per heavy atom. The van der Waals surface area contributed by atoms with Gasteiger partial charge in [-0.05, 0) is 12.1 Å². The second-order valence-corrected chi connectivity index (χ2v) is 5.08. The number of aryl methyl sites for hydroxylation is 1. The van der Waals surface area contributed by atoms with Gasteiger partial charge in [0.25, 0.3) is 0 Å². The first-order valence-electron chi connectivity index (χ1n) is 6.99. The minimum atomic E-state index is -0.258. The van der Waals surface area contributed by atoms with Gasteiger partial charge in [-0.15, -0.1) is 0 Å². The summed E-state index contributed by atoms with van der Waals surface area (Å²) < 4.78 is 17.8. The van der Waals surface area contributed by atoms with E-state index in [1.54, 1.807) is 12.1 Å². The zero-order valence-corrected chi connectivity index (χ0v) is 13.3. The summed E-state index contributed by atoms with van der Waals surface area (Å²) >= 11 is 0. The van der Waals surface area contributed by atoms with Crippen LogP contribution in [0, 0.1) is 0 Å². The number of pyridine rings is 1. The van der Waals surface area contributed by atoms with Crippen LogP contribution in [0.4, 0.5) is 0 Å². The molecule has 0 bridgehead atoms. The molecule has 1 N–H and O–H groups in total. The van der Waals surface area contributed by atoms with Gasteiger partial charge in [-0.1, -0.05) is 12.1 Å². The Morgan fingerprint density at radius 2 is 1.57 bits per heavy atom. The highest BCUT2D eigenvalue weighted by Gasteiger charge is 2.26. The zero-order chi connectivity index (χ0) is 16.7. The number of aromatic nitrogens is 1. The standard InChI is InChI=1S/C17H17NO5/c1-18-10-8-6-5-7-9(10)13(19)11-12(18)16(22-3)17(23-4)14(20)15(11)21-2/h5-8,20H,1-4H3. The number of para-hydroxylation sites is 1. The van der Waals surface area contributed by atoms with E-state index < -0.39 is 0 Å². The first-order chi connectivity index (χ1) is 11.1. The van der Waals surface area contributed by atoms with E-state index in [0.717, 1.165) is 5.52 Å². The number of aromatic hydroxyl groups is 1. The fourth-order valence-corrected chi connectivity index (χ4v) is 2.98. The molecule has 0 aliphatic heterocycles. The van der Waals surface area contributed by atoms with Crippen molar-refractivity contribution in [3.63, 3.8) is 0 Å². The first-order valence-corrected chi connectivity index (χ1v) is 6.99. The summed E-state index contributed by atoms with van der Waals surface area (Å²) in [6.45, 7) is 0. The molecule has 2 aromatic carbocycles. The number of phenolic OH excluding ortho intramolecular Hbond substituents is 1. The Hall–Kier alpha value is -2.89. The molecule has 0 aliphatic rings. The fourth-order valence-electron chi connectivity index (χ4n) is 2.98. The van der Waals surface area contributed by atoms with Gasteiger partial charge in [-0.2, -0.15) is 0 Å². The number of benzene rings is 2. The van der Waals surface area contributed by atoms with Crippen molar-refractivity contribution in [2.75, 3.05) is 21.3 Å². The Morgan fingerprint density at radius 3 is 2.17 bits per heavy atom. The van der Waals surface area contributed by atoms with Crippen molar-refractivity contribution in [3.05, 3.63) is 34.5 Å². The van der Waals surface area contributed by atoms with Crippen molar-refractivity contribution >= 4 is 21.8 Å². The molecule has 0 saturated carbocycles. The van der Waals surface area contributed by atoms with Gasteiger partial charge in [-0.3, -0.25) is 4.79 Å². The molecular formula is C17H17NO5. The van der Waals surface area contributed by atoms with Gasteiger partial charge in [-0.25, -0.2) is 0 Å². The van der Waals surface area contributed by atoms with Gasteiger partial charge in [0, 0.05) is 12.4 Å². The van der Waals surface area contributed by atoms with E-state index in [1.165, 1.54) is 21.3 Å². The van der Waals surface area contributed by atoms with E-state index >= 15 is 0 Å². The van der Waals surface area contributed by atoms with Crippen molar-refractivity contribution in [1.29, 1.82) is 0 Å². The maximum absolute atomic E-state index is 12.9. The molecular weight excluding hydrogens is 298 g/mol. The molecule has 3 aromatic rings. The molecule has 6 nitrogen and oxygen atoms in total. The zero-order valence-electron chi connectivity index (χ0n) is 13.3. The van der Waals surface area contributed by atoms with E-state index in [2.05, 4.69) is 0 Å². The number of hydrogen-bond acceptors (Lipinski definition) is 5. The molecule has 23 heavy (non-hydrogen) atoms. The summed E-state index contributed by atoms with van der Waals surface area (Å²) in [5, 5.41) is 11.2. The molecule has 0 saturated heterocycles. The fraction of sp³-hybridized carbons (Fsp3) is 0.235.